The highest BCUT2D eigenvalue weighted by molar-refractivity contribution is 6.40. The maximum atomic E-state index is 12.7. The Kier molecular flexibility index (Phi) is 7.15. The first-order valence-corrected chi connectivity index (χ1v) is 10.0. The first kappa shape index (κ1) is 21.2. The molecular weight excluding hydrogens is 413 g/mol. The van der Waals surface area contributed by atoms with Crippen LogP contribution in [0.25, 0.3) is 0 Å². The Morgan fingerprint density at radius 2 is 1.93 bits per heavy atom. The van der Waals surface area contributed by atoms with Crippen molar-refractivity contribution in [2.24, 2.45) is 0 Å². The van der Waals surface area contributed by atoms with Crippen molar-refractivity contribution >= 4 is 40.7 Å². The SMILES string of the molecule is C#CCCN1CCC(NC(=O)c2n[nH]cc2NC(=O)c2c(Cl)cccc2Cl)CC1. The fourth-order valence-corrected chi connectivity index (χ4v) is 3.80. The molecule has 1 aliphatic heterocycles. The standard InChI is InChI=1S/C20H21Cl2N5O2/c1-2-3-9-27-10-7-13(8-11-27)24-20(29)18-16(12-23-26-18)25-19(28)17-14(21)5-4-6-15(17)22/h1,4-6,12-13H,3,7-11H2,(H,23,26)(H,24,29)(H,25,28). The van der Waals surface area contributed by atoms with E-state index in [0.717, 1.165) is 38.9 Å². The molecule has 0 aliphatic carbocycles. The van der Waals surface area contributed by atoms with Gasteiger partial charge >= 0.3 is 0 Å². The van der Waals surface area contributed by atoms with Crippen molar-refractivity contribution in [3.8, 4) is 12.3 Å². The molecule has 1 aromatic heterocycles. The molecule has 2 heterocycles. The van der Waals surface area contributed by atoms with Gasteiger partial charge in [0.1, 0.15) is 0 Å². The third-order valence-electron chi connectivity index (χ3n) is 4.79. The number of aromatic amines is 1. The van der Waals surface area contributed by atoms with E-state index in [1.54, 1.807) is 18.2 Å². The number of nitrogens with zero attached hydrogens (tertiary/aromatic N) is 2. The van der Waals surface area contributed by atoms with Crippen molar-refractivity contribution in [3.05, 3.63) is 45.7 Å². The van der Waals surface area contributed by atoms with Crippen LogP contribution in [0.15, 0.2) is 24.4 Å². The van der Waals surface area contributed by atoms with Gasteiger partial charge in [-0.15, -0.1) is 12.3 Å². The van der Waals surface area contributed by atoms with E-state index in [1.165, 1.54) is 6.20 Å². The molecule has 2 aromatic rings. The molecule has 0 unspecified atom stereocenters. The zero-order chi connectivity index (χ0) is 20.8. The summed E-state index contributed by atoms with van der Waals surface area (Å²) in [4.78, 5) is 27.5. The second-order valence-corrected chi connectivity index (χ2v) is 7.56. The number of piperidine rings is 1. The average Bonchev–Trinajstić information content (AvgIpc) is 3.15. The highest BCUT2D eigenvalue weighted by Gasteiger charge is 2.24. The van der Waals surface area contributed by atoms with Gasteiger partial charge in [0.05, 0.1) is 21.3 Å². The van der Waals surface area contributed by atoms with Crippen molar-refractivity contribution in [3.63, 3.8) is 0 Å². The van der Waals surface area contributed by atoms with E-state index in [-0.39, 0.29) is 38.9 Å². The predicted octanol–water partition coefficient (Wildman–Crippen LogP) is 3.19. The molecule has 29 heavy (non-hydrogen) atoms. The molecule has 0 bridgehead atoms. The summed E-state index contributed by atoms with van der Waals surface area (Å²) in [5.41, 5.74) is 0.508. The van der Waals surface area contributed by atoms with Gasteiger partial charge in [0.2, 0.25) is 0 Å². The molecule has 3 N–H and O–H groups in total. The Balaban J connectivity index is 1.61. The zero-order valence-electron chi connectivity index (χ0n) is 15.7. The lowest BCUT2D eigenvalue weighted by Crippen LogP contribution is -2.45. The summed E-state index contributed by atoms with van der Waals surface area (Å²) < 4.78 is 0. The molecule has 1 aliphatic rings. The number of hydrogen-bond acceptors (Lipinski definition) is 4. The van der Waals surface area contributed by atoms with Crippen LogP contribution in [0, 0.1) is 12.3 Å². The summed E-state index contributed by atoms with van der Waals surface area (Å²) >= 11 is 12.2. The minimum Gasteiger partial charge on any atom is -0.348 e. The summed E-state index contributed by atoms with van der Waals surface area (Å²) in [5.74, 6) is 1.77. The maximum absolute atomic E-state index is 12.7. The fourth-order valence-electron chi connectivity index (χ4n) is 3.24. The number of terminal acetylenes is 1. The van der Waals surface area contributed by atoms with E-state index in [4.69, 9.17) is 29.6 Å². The van der Waals surface area contributed by atoms with Gasteiger partial charge in [-0.3, -0.25) is 14.7 Å². The van der Waals surface area contributed by atoms with Gasteiger partial charge < -0.3 is 15.5 Å². The Hall–Kier alpha value is -2.53. The summed E-state index contributed by atoms with van der Waals surface area (Å²) in [6.07, 6.45) is 9.14. The number of amides is 2. The minimum atomic E-state index is -0.516. The fraction of sp³-hybridized carbons (Fsp3) is 0.350. The van der Waals surface area contributed by atoms with Crippen molar-refractivity contribution in [2.75, 3.05) is 25.0 Å². The molecule has 7 nitrogen and oxygen atoms in total. The normalized spacial score (nSPS) is 14.9. The van der Waals surface area contributed by atoms with Crippen LogP contribution >= 0.6 is 23.2 Å². The van der Waals surface area contributed by atoms with Gasteiger partial charge in [0.25, 0.3) is 11.8 Å². The molecule has 1 fully saturated rings. The Bertz CT molecular complexity index is 909. The molecule has 0 spiro atoms. The first-order chi connectivity index (χ1) is 14.0. The lowest BCUT2D eigenvalue weighted by Gasteiger charge is -2.31. The molecule has 3 rings (SSSR count). The van der Waals surface area contributed by atoms with E-state index >= 15 is 0 Å². The molecule has 0 saturated carbocycles. The Morgan fingerprint density at radius 1 is 1.24 bits per heavy atom. The van der Waals surface area contributed by atoms with E-state index in [9.17, 15) is 9.59 Å². The molecular formula is C20H21Cl2N5O2. The largest absolute Gasteiger partial charge is 0.348 e. The lowest BCUT2D eigenvalue weighted by atomic mass is 10.0. The highest BCUT2D eigenvalue weighted by Crippen LogP contribution is 2.25. The molecule has 0 atom stereocenters. The smallest absolute Gasteiger partial charge is 0.274 e. The number of aromatic nitrogens is 2. The molecule has 1 saturated heterocycles. The summed E-state index contributed by atoms with van der Waals surface area (Å²) in [5, 5.41) is 12.7. The van der Waals surface area contributed by atoms with Crippen molar-refractivity contribution in [1.82, 2.24) is 20.4 Å². The van der Waals surface area contributed by atoms with Gasteiger partial charge in [-0.2, -0.15) is 5.10 Å². The van der Waals surface area contributed by atoms with Crippen LogP contribution in [0.3, 0.4) is 0 Å². The zero-order valence-corrected chi connectivity index (χ0v) is 17.2. The van der Waals surface area contributed by atoms with Gasteiger partial charge in [-0.1, -0.05) is 29.3 Å². The van der Waals surface area contributed by atoms with E-state index in [0.29, 0.717) is 0 Å². The lowest BCUT2D eigenvalue weighted by molar-refractivity contribution is 0.0907. The summed E-state index contributed by atoms with van der Waals surface area (Å²) in [7, 11) is 0. The number of halogens is 2. The van der Waals surface area contributed by atoms with Crippen LogP contribution in [-0.2, 0) is 0 Å². The first-order valence-electron chi connectivity index (χ1n) is 9.25. The molecule has 152 valence electrons. The van der Waals surface area contributed by atoms with Gasteiger partial charge in [0.15, 0.2) is 5.69 Å². The van der Waals surface area contributed by atoms with Crippen LogP contribution in [0.5, 0.6) is 0 Å². The Labute approximate surface area is 179 Å². The van der Waals surface area contributed by atoms with Gasteiger partial charge in [0, 0.05) is 38.3 Å². The summed E-state index contributed by atoms with van der Waals surface area (Å²) in [6, 6.07) is 4.83. The van der Waals surface area contributed by atoms with Crippen LogP contribution in [0.4, 0.5) is 5.69 Å². The van der Waals surface area contributed by atoms with Crippen LogP contribution in [-0.4, -0.2) is 52.6 Å². The number of nitrogens with one attached hydrogen (secondary N) is 3. The highest BCUT2D eigenvalue weighted by atomic mass is 35.5. The van der Waals surface area contributed by atoms with Crippen molar-refractivity contribution in [2.45, 2.75) is 25.3 Å². The average molecular weight is 434 g/mol. The number of H-pyrrole nitrogens is 1. The number of likely N-dealkylation sites (tertiary alicyclic amines) is 1. The number of benzene rings is 1. The summed E-state index contributed by atoms with van der Waals surface area (Å²) in [6.45, 7) is 2.63. The number of carbonyl (C=O) groups excluding carboxylic acids is 2. The second kappa shape index (κ2) is 9.79. The number of anilines is 1. The van der Waals surface area contributed by atoms with Gasteiger partial charge in [-0.25, -0.2) is 0 Å². The van der Waals surface area contributed by atoms with E-state index < -0.39 is 5.91 Å². The molecule has 0 radical (unpaired) electrons. The van der Waals surface area contributed by atoms with Crippen LogP contribution in [0.2, 0.25) is 10.0 Å². The second-order valence-electron chi connectivity index (χ2n) is 6.74. The van der Waals surface area contributed by atoms with Crippen LogP contribution < -0.4 is 10.6 Å². The molecule has 2 amide bonds. The van der Waals surface area contributed by atoms with Crippen molar-refractivity contribution < 1.29 is 9.59 Å². The van der Waals surface area contributed by atoms with Crippen molar-refractivity contribution in [1.29, 1.82) is 0 Å². The van der Waals surface area contributed by atoms with E-state index in [1.807, 2.05) is 0 Å². The third kappa shape index (κ3) is 5.30. The minimum absolute atomic E-state index is 0.0443. The number of carbonyl (C=O) groups is 2. The molecule has 1 aromatic carbocycles. The monoisotopic (exact) mass is 433 g/mol. The maximum Gasteiger partial charge on any atom is 0.274 e. The predicted molar refractivity (Wildman–Crippen MR) is 113 cm³/mol. The quantitative estimate of drug-likeness (QED) is 0.610. The number of hydrogen-bond donors (Lipinski definition) is 3. The van der Waals surface area contributed by atoms with Crippen LogP contribution in [0.1, 0.15) is 40.1 Å². The third-order valence-corrected chi connectivity index (χ3v) is 5.42. The van der Waals surface area contributed by atoms with E-state index in [2.05, 4.69) is 31.7 Å². The van der Waals surface area contributed by atoms with Gasteiger partial charge in [-0.05, 0) is 25.0 Å². The molecule has 9 heteroatoms. The number of rotatable bonds is 6. The Morgan fingerprint density at radius 3 is 2.59 bits per heavy atom. The topological polar surface area (TPSA) is 90.1 Å².